The molecule has 0 aromatic carbocycles. The zero-order chi connectivity index (χ0) is 10.1. The summed E-state index contributed by atoms with van der Waals surface area (Å²) < 4.78 is 0. The number of thioether (sulfide) groups is 1. The summed E-state index contributed by atoms with van der Waals surface area (Å²) in [7, 11) is 0. The van der Waals surface area contributed by atoms with E-state index in [1.165, 1.54) is 17.9 Å². The van der Waals surface area contributed by atoms with Gasteiger partial charge in [0.2, 0.25) is 0 Å². The second kappa shape index (κ2) is 7.76. The summed E-state index contributed by atoms with van der Waals surface area (Å²) in [5, 5.41) is 11.2. The van der Waals surface area contributed by atoms with E-state index in [2.05, 4.69) is 22.4 Å². The van der Waals surface area contributed by atoms with Gasteiger partial charge >= 0.3 is 0 Å². The van der Waals surface area contributed by atoms with E-state index >= 15 is 0 Å². The molecule has 1 heterocycles. The maximum Gasteiger partial charge on any atom is 0.0768 e. The average molecular weight is 211 g/mol. The van der Waals surface area contributed by atoms with Gasteiger partial charge in [-0.15, -0.1) is 0 Å². The molecule has 14 heavy (non-hydrogen) atoms. The van der Waals surface area contributed by atoms with Gasteiger partial charge in [0.1, 0.15) is 0 Å². The van der Waals surface area contributed by atoms with E-state index in [1.54, 1.807) is 6.20 Å². The minimum Gasteiger partial charge on any atom is -0.311 e. The van der Waals surface area contributed by atoms with Crippen LogP contribution in [0.5, 0.6) is 0 Å². The van der Waals surface area contributed by atoms with Crippen LogP contribution in [0, 0.1) is 0 Å². The third kappa shape index (κ3) is 5.19. The Labute approximate surface area is 89.7 Å². The van der Waals surface area contributed by atoms with Crippen molar-refractivity contribution in [2.75, 3.05) is 18.1 Å². The van der Waals surface area contributed by atoms with Crippen molar-refractivity contribution in [3.8, 4) is 0 Å². The Balaban J connectivity index is 1.99. The minimum atomic E-state index is 0.824. The van der Waals surface area contributed by atoms with Gasteiger partial charge in [0.25, 0.3) is 0 Å². The molecular formula is C10H17N3S. The number of hydrogen-bond donors (Lipinski definition) is 1. The van der Waals surface area contributed by atoms with Crippen molar-refractivity contribution in [1.29, 1.82) is 0 Å². The molecule has 0 bridgehead atoms. The largest absolute Gasteiger partial charge is 0.311 e. The molecule has 0 radical (unpaired) electrons. The highest BCUT2D eigenvalue weighted by atomic mass is 32.2. The van der Waals surface area contributed by atoms with Crippen LogP contribution in [0.1, 0.15) is 19.0 Å². The number of hydrogen-bond acceptors (Lipinski definition) is 4. The lowest BCUT2D eigenvalue weighted by Crippen LogP contribution is -2.16. The second-order valence-corrected chi connectivity index (χ2v) is 4.34. The molecule has 0 saturated heterocycles. The molecule has 4 heteroatoms. The van der Waals surface area contributed by atoms with Crippen LogP contribution in [0.4, 0.5) is 0 Å². The van der Waals surface area contributed by atoms with E-state index in [9.17, 15) is 0 Å². The molecule has 0 amide bonds. The molecule has 0 saturated carbocycles. The maximum atomic E-state index is 3.99. The second-order valence-electron chi connectivity index (χ2n) is 2.94. The summed E-state index contributed by atoms with van der Waals surface area (Å²) >= 11 is 1.99. The average Bonchev–Trinajstić information content (AvgIpc) is 2.25. The fourth-order valence-corrected chi connectivity index (χ4v) is 1.72. The molecule has 0 aliphatic rings. The summed E-state index contributed by atoms with van der Waals surface area (Å²) in [6.45, 7) is 4.08. The Morgan fingerprint density at radius 2 is 2.43 bits per heavy atom. The van der Waals surface area contributed by atoms with Crippen LogP contribution in [0.3, 0.4) is 0 Å². The van der Waals surface area contributed by atoms with Crippen LogP contribution >= 0.6 is 11.8 Å². The maximum absolute atomic E-state index is 3.99. The molecule has 1 aromatic rings. The van der Waals surface area contributed by atoms with Crippen LogP contribution in [-0.2, 0) is 6.54 Å². The molecule has 0 aliphatic heterocycles. The van der Waals surface area contributed by atoms with E-state index in [4.69, 9.17) is 0 Å². The first kappa shape index (κ1) is 11.5. The number of aromatic nitrogens is 2. The van der Waals surface area contributed by atoms with Gasteiger partial charge in [-0.3, -0.25) is 0 Å². The quantitative estimate of drug-likeness (QED) is 0.697. The van der Waals surface area contributed by atoms with Gasteiger partial charge in [0.05, 0.1) is 5.69 Å². The lowest BCUT2D eigenvalue weighted by Gasteiger charge is -2.02. The van der Waals surface area contributed by atoms with Crippen molar-refractivity contribution >= 4 is 11.8 Å². The molecule has 1 N–H and O–H groups in total. The summed E-state index contributed by atoms with van der Waals surface area (Å²) in [5.74, 6) is 2.45. The van der Waals surface area contributed by atoms with E-state index in [0.717, 1.165) is 18.8 Å². The third-order valence-corrected chi connectivity index (χ3v) is 2.77. The van der Waals surface area contributed by atoms with E-state index in [-0.39, 0.29) is 0 Å². The normalized spacial score (nSPS) is 10.4. The molecule has 0 aliphatic carbocycles. The minimum absolute atomic E-state index is 0.824. The van der Waals surface area contributed by atoms with Crippen molar-refractivity contribution in [3.63, 3.8) is 0 Å². The number of nitrogens with one attached hydrogen (secondary N) is 1. The van der Waals surface area contributed by atoms with E-state index in [0.29, 0.717) is 0 Å². The van der Waals surface area contributed by atoms with Gasteiger partial charge in [-0.1, -0.05) is 6.92 Å². The van der Waals surface area contributed by atoms with Gasteiger partial charge in [-0.25, -0.2) is 0 Å². The van der Waals surface area contributed by atoms with Crippen LogP contribution in [0.2, 0.25) is 0 Å². The Morgan fingerprint density at radius 3 is 3.14 bits per heavy atom. The first-order chi connectivity index (χ1) is 6.93. The first-order valence-corrected chi connectivity index (χ1v) is 6.14. The Hall–Kier alpha value is -0.610. The Kier molecular flexibility index (Phi) is 6.36. The highest BCUT2D eigenvalue weighted by molar-refractivity contribution is 7.99. The van der Waals surface area contributed by atoms with Gasteiger partial charge in [-0.2, -0.15) is 22.0 Å². The first-order valence-electron chi connectivity index (χ1n) is 4.98. The van der Waals surface area contributed by atoms with Crippen molar-refractivity contribution < 1.29 is 0 Å². The molecule has 0 spiro atoms. The topological polar surface area (TPSA) is 37.8 Å². The standard InChI is InChI=1S/C10H17N3S/c1-2-14-8-4-6-11-9-10-5-3-7-12-13-10/h3,5,7,11H,2,4,6,8-9H2,1H3. The summed E-state index contributed by atoms with van der Waals surface area (Å²) in [5.41, 5.74) is 1.01. The molecular weight excluding hydrogens is 194 g/mol. The van der Waals surface area contributed by atoms with Gasteiger partial charge in [-0.05, 0) is 36.6 Å². The lowest BCUT2D eigenvalue weighted by atomic mass is 10.4. The molecule has 0 atom stereocenters. The monoisotopic (exact) mass is 211 g/mol. The van der Waals surface area contributed by atoms with E-state index < -0.39 is 0 Å². The van der Waals surface area contributed by atoms with E-state index in [1.807, 2.05) is 23.9 Å². The molecule has 0 unspecified atom stereocenters. The smallest absolute Gasteiger partial charge is 0.0768 e. The van der Waals surface area contributed by atoms with Crippen LogP contribution in [-0.4, -0.2) is 28.2 Å². The summed E-state index contributed by atoms with van der Waals surface area (Å²) in [4.78, 5) is 0. The molecule has 3 nitrogen and oxygen atoms in total. The Bertz CT molecular complexity index is 228. The predicted octanol–water partition coefficient (Wildman–Crippen LogP) is 1.71. The van der Waals surface area contributed by atoms with Crippen LogP contribution < -0.4 is 5.32 Å². The van der Waals surface area contributed by atoms with Gasteiger partial charge in [0, 0.05) is 12.7 Å². The Morgan fingerprint density at radius 1 is 1.50 bits per heavy atom. The number of nitrogens with zero attached hydrogens (tertiary/aromatic N) is 2. The molecule has 0 fully saturated rings. The predicted molar refractivity (Wildman–Crippen MR) is 61.4 cm³/mol. The molecule has 1 aromatic heterocycles. The van der Waals surface area contributed by atoms with Gasteiger partial charge < -0.3 is 5.32 Å². The van der Waals surface area contributed by atoms with Crippen molar-refractivity contribution in [2.45, 2.75) is 19.9 Å². The summed E-state index contributed by atoms with van der Waals surface area (Å²) in [6, 6.07) is 3.90. The summed E-state index contributed by atoms with van der Waals surface area (Å²) in [6.07, 6.45) is 2.92. The van der Waals surface area contributed by atoms with Crippen LogP contribution in [0.25, 0.3) is 0 Å². The zero-order valence-electron chi connectivity index (χ0n) is 8.57. The molecule has 1 rings (SSSR count). The highest BCUT2D eigenvalue weighted by Crippen LogP contribution is 1.99. The van der Waals surface area contributed by atoms with Crippen molar-refractivity contribution in [1.82, 2.24) is 15.5 Å². The SMILES string of the molecule is CCSCCCNCc1cccnn1. The molecule has 78 valence electrons. The highest BCUT2D eigenvalue weighted by Gasteiger charge is 1.92. The van der Waals surface area contributed by atoms with Gasteiger partial charge in [0.15, 0.2) is 0 Å². The lowest BCUT2D eigenvalue weighted by molar-refractivity contribution is 0.659. The zero-order valence-corrected chi connectivity index (χ0v) is 9.39. The van der Waals surface area contributed by atoms with Crippen molar-refractivity contribution in [2.24, 2.45) is 0 Å². The number of rotatable bonds is 7. The third-order valence-electron chi connectivity index (χ3n) is 1.78. The fourth-order valence-electron chi connectivity index (χ4n) is 1.09. The fraction of sp³-hybridized carbons (Fsp3) is 0.600. The van der Waals surface area contributed by atoms with Crippen molar-refractivity contribution in [3.05, 3.63) is 24.0 Å². The van der Waals surface area contributed by atoms with Crippen LogP contribution in [0.15, 0.2) is 18.3 Å².